The lowest BCUT2D eigenvalue weighted by Gasteiger charge is -2.41. The fraction of sp³-hybridized carbons (Fsp3) is 0.318. The largest absolute Gasteiger partial charge is 0.325 e. The lowest BCUT2D eigenvalue weighted by molar-refractivity contribution is -0.129. The number of Topliss-reactive ketones (excluding diaryl/α,β-unsaturated/α-hetero) is 1. The number of urea groups is 1. The van der Waals surface area contributed by atoms with Crippen LogP contribution in [0.2, 0.25) is 0 Å². The molecule has 1 aliphatic rings. The second kappa shape index (κ2) is 8.23. The Morgan fingerprint density at radius 1 is 1.24 bits per heavy atom. The van der Waals surface area contributed by atoms with Crippen LogP contribution < -0.4 is 5.32 Å². The summed E-state index contributed by atoms with van der Waals surface area (Å²) in [5.41, 5.74) is 2.24. The molecule has 0 radical (unpaired) electrons. The second-order valence-corrected chi connectivity index (χ2v) is 7.56. The Kier molecular flexibility index (Phi) is 5.74. The van der Waals surface area contributed by atoms with Gasteiger partial charge in [0.1, 0.15) is 6.04 Å². The standard InChI is InChI=1S/C22H22N4O3/c1-13(2)18-19(20(27)17-9-14(3)8-16(10-17)11-23)26(22(29)25-21(18)28)12-15-4-6-24-7-5-15/h4-10,13,18-19H,12H2,1-3H3,(H,25,28,29). The summed E-state index contributed by atoms with van der Waals surface area (Å²) in [4.78, 5) is 44.2. The first kappa shape index (κ1) is 20.2. The maximum absolute atomic E-state index is 13.5. The van der Waals surface area contributed by atoms with Crippen LogP contribution in [0.3, 0.4) is 0 Å². The molecular weight excluding hydrogens is 368 g/mol. The van der Waals surface area contributed by atoms with Gasteiger partial charge in [-0.2, -0.15) is 5.26 Å². The van der Waals surface area contributed by atoms with Crippen molar-refractivity contribution in [2.45, 2.75) is 33.4 Å². The Labute approximate surface area is 169 Å². The average molecular weight is 390 g/mol. The molecule has 0 bridgehead atoms. The fourth-order valence-electron chi connectivity index (χ4n) is 3.71. The van der Waals surface area contributed by atoms with Crippen molar-refractivity contribution >= 4 is 17.7 Å². The Balaban J connectivity index is 2.07. The normalized spacial score (nSPS) is 19.1. The van der Waals surface area contributed by atoms with Crippen molar-refractivity contribution in [1.82, 2.24) is 15.2 Å². The van der Waals surface area contributed by atoms with E-state index in [4.69, 9.17) is 0 Å². The minimum absolute atomic E-state index is 0.165. The monoisotopic (exact) mass is 390 g/mol. The first-order chi connectivity index (χ1) is 13.8. The summed E-state index contributed by atoms with van der Waals surface area (Å²) in [5.74, 6) is -1.67. The number of hydrogen-bond donors (Lipinski definition) is 1. The molecule has 29 heavy (non-hydrogen) atoms. The molecule has 1 aromatic heterocycles. The molecule has 7 heteroatoms. The minimum Gasteiger partial charge on any atom is -0.309 e. The molecular formula is C22H22N4O3. The van der Waals surface area contributed by atoms with Crippen molar-refractivity contribution < 1.29 is 14.4 Å². The number of ketones is 1. The molecule has 1 aromatic carbocycles. The van der Waals surface area contributed by atoms with E-state index in [9.17, 15) is 19.6 Å². The number of nitrogens with one attached hydrogen (secondary N) is 1. The number of amides is 3. The molecule has 7 nitrogen and oxygen atoms in total. The van der Waals surface area contributed by atoms with Gasteiger partial charge in [0.15, 0.2) is 5.78 Å². The third-order valence-electron chi connectivity index (χ3n) is 5.05. The van der Waals surface area contributed by atoms with Gasteiger partial charge in [0.2, 0.25) is 5.91 Å². The summed E-state index contributed by atoms with van der Waals surface area (Å²) in [6, 6.07) is 8.88. The number of nitriles is 1. The van der Waals surface area contributed by atoms with Crippen LogP contribution >= 0.6 is 0 Å². The summed E-state index contributed by atoms with van der Waals surface area (Å²) in [6.45, 7) is 5.66. The summed E-state index contributed by atoms with van der Waals surface area (Å²) < 4.78 is 0. The van der Waals surface area contributed by atoms with E-state index in [0.29, 0.717) is 11.1 Å². The van der Waals surface area contributed by atoms with Crippen LogP contribution in [0.1, 0.15) is 40.9 Å². The predicted molar refractivity (Wildman–Crippen MR) is 106 cm³/mol. The highest BCUT2D eigenvalue weighted by Crippen LogP contribution is 2.29. The molecule has 2 heterocycles. The van der Waals surface area contributed by atoms with Gasteiger partial charge >= 0.3 is 6.03 Å². The van der Waals surface area contributed by atoms with Crippen molar-refractivity contribution in [1.29, 1.82) is 5.26 Å². The number of pyridine rings is 1. The van der Waals surface area contributed by atoms with Crippen LogP contribution in [0.15, 0.2) is 42.7 Å². The average Bonchev–Trinajstić information content (AvgIpc) is 2.69. The van der Waals surface area contributed by atoms with Gasteiger partial charge in [-0.25, -0.2) is 4.79 Å². The molecule has 2 aromatic rings. The van der Waals surface area contributed by atoms with E-state index in [-0.39, 0.29) is 18.2 Å². The molecule has 1 saturated heterocycles. The molecule has 148 valence electrons. The van der Waals surface area contributed by atoms with E-state index < -0.39 is 23.9 Å². The van der Waals surface area contributed by atoms with Crippen LogP contribution in [0, 0.1) is 30.1 Å². The molecule has 1 fully saturated rings. The molecule has 0 aliphatic carbocycles. The van der Waals surface area contributed by atoms with E-state index in [1.54, 1.807) is 43.6 Å². The van der Waals surface area contributed by atoms with Gasteiger partial charge in [-0.15, -0.1) is 0 Å². The molecule has 0 saturated carbocycles. The number of hydrogen-bond acceptors (Lipinski definition) is 5. The lowest BCUT2D eigenvalue weighted by atomic mass is 9.81. The number of aryl methyl sites for hydroxylation is 1. The Bertz CT molecular complexity index is 995. The molecule has 3 rings (SSSR count). The Morgan fingerprint density at radius 2 is 1.93 bits per heavy atom. The number of nitrogens with zero attached hydrogens (tertiary/aromatic N) is 3. The van der Waals surface area contributed by atoms with Crippen LogP contribution in [-0.4, -0.2) is 33.6 Å². The van der Waals surface area contributed by atoms with E-state index in [0.717, 1.165) is 11.1 Å². The topological polar surface area (TPSA) is 103 Å². The van der Waals surface area contributed by atoms with Crippen LogP contribution in [0.5, 0.6) is 0 Å². The maximum atomic E-state index is 13.5. The third kappa shape index (κ3) is 4.16. The number of aromatic nitrogens is 1. The van der Waals surface area contributed by atoms with E-state index in [1.807, 2.05) is 19.9 Å². The minimum atomic E-state index is -0.960. The lowest BCUT2D eigenvalue weighted by Crippen LogP contribution is -2.63. The van der Waals surface area contributed by atoms with Gasteiger partial charge in [-0.05, 0) is 54.3 Å². The van der Waals surface area contributed by atoms with Gasteiger partial charge in [0.25, 0.3) is 0 Å². The fourth-order valence-corrected chi connectivity index (χ4v) is 3.71. The Hall–Kier alpha value is -3.53. The number of benzene rings is 1. The molecule has 1 N–H and O–H groups in total. The van der Waals surface area contributed by atoms with Crippen LogP contribution in [0.4, 0.5) is 4.79 Å². The molecule has 2 unspecified atom stereocenters. The van der Waals surface area contributed by atoms with Crippen molar-refractivity contribution in [2.24, 2.45) is 11.8 Å². The van der Waals surface area contributed by atoms with Gasteiger partial charge in [0, 0.05) is 24.5 Å². The predicted octanol–water partition coefficient (Wildman–Crippen LogP) is 2.84. The van der Waals surface area contributed by atoms with E-state index >= 15 is 0 Å². The summed E-state index contributed by atoms with van der Waals surface area (Å²) in [5, 5.41) is 11.6. The maximum Gasteiger partial charge on any atom is 0.325 e. The van der Waals surface area contributed by atoms with Gasteiger partial charge in [-0.3, -0.25) is 19.9 Å². The smallest absolute Gasteiger partial charge is 0.309 e. The third-order valence-corrected chi connectivity index (χ3v) is 5.05. The zero-order valence-corrected chi connectivity index (χ0v) is 16.5. The molecule has 2 atom stereocenters. The van der Waals surface area contributed by atoms with Crippen molar-refractivity contribution in [3.63, 3.8) is 0 Å². The quantitative estimate of drug-likeness (QED) is 0.791. The summed E-state index contributed by atoms with van der Waals surface area (Å²) >= 11 is 0. The van der Waals surface area contributed by atoms with Crippen molar-refractivity contribution in [2.75, 3.05) is 0 Å². The Morgan fingerprint density at radius 3 is 2.55 bits per heavy atom. The molecule has 0 spiro atoms. The first-order valence-corrected chi connectivity index (χ1v) is 9.38. The number of carbonyl (C=O) groups is 3. The van der Waals surface area contributed by atoms with E-state index in [2.05, 4.69) is 10.3 Å². The number of rotatable bonds is 5. The highest BCUT2D eigenvalue weighted by atomic mass is 16.2. The zero-order chi connectivity index (χ0) is 21.1. The second-order valence-electron chi connectivity index (χ2n) is 7.56. The van der Waals surface area contributed by atoms with Gasteiger partial charge in [-0.1, -0.05) is 13.8 Å². The van der Waals surface area contributed by atoms with Crippen LogP contribution in [-0.2, 0) is 11.3 Å². The number of imide groups is 1. The van der Waals surface area contributed by atoms with E-state index in [1.165, 1.54) is 11.0 Å². The summed E-state index contributed by atoms with van der Waals surface area (Å²) in [7, 11) is 0. The van der Waals surface area contributed by atoms with Crippen molar-refractivity contribution in [3.8, 4) is 6.07 Å². The van der Waals surface area contributed by atoms with Crippen molar-refractivity contribution in [3.05, 3.63) is 65.0 Å². The van der Waals surface area contributed by atoms with Gasteiger partial charge in [0.05, 0.1) is 17.6 Å². The summed E-state index contributed by atoms with van der Waals surface area (Å²) in [6.07, 6.45) is 3.22. The highest BCUT2D eigenvalue weighted by Gasteiger charge is 2.46. The zero-order valence-electron chi connectivity index (χ0n) is 16.5. The van der Waals surface area contributed by atoms with Gasteiger partial charge < -0.3 is 4.90 Å². The SMILES string of the molecule is Cc1cc(C#N)cc(C(=O)C2C(C(C)C)C(=O)NC(=O)N2Cc2ccncc2)c1. The van der Waals surface area contributed by atoms with Crippen LogP contribution in [0.25, 0.3) is 0 Å². The number of carbonyl (C=O) groups excluding carboxylic acids is 3. The highest BCUT2D eigenvalue weighted by molar-refractivity contribution is 6.09. The molecule has 3 amide bonds. The first-order valence-electron chi connectivity index (χ1n) is 9.38. The molecule has 1 aliphatic heterocycles.